The van der Waals surface area contributed by atoms with E-state index in [1.54, 1.807) is 33.0 Å². The summed E-state index contributed by atoms with van der Waals surface area (Å²) < 4.78 is 27.8. The second-order valence-corrected chi connectivity index (χ2v) is 8.24. The zero-order valence-electron chi connectivity index (χ0n) is 15.6. The lowest BCUT2D eigenvalue weighted by atomic mass is 10.1. The smallest absolute Gasteiger partial charge is 0.293 e. The highest BCUT2D eigenvalue weighted by Gasteiger charge is 2.24. The normalized spacial score (nSPS) is 12.5. The third kappa shape index (κ3) is 4.95. The molecule has 0 spiro atoms. The molecule has 0 heterocycles. The van der Waals surface area contributed by atoms with Gasteiger partial charge in [-0.1, -0.05) is 17.7 Å². The average Bonchev–Trinajstić information content (AvgIpc) is 2.56. The summed E-state index contributed by atoms with van der Waals surface area (Å²) in [5.41, 5.74) is 2.05. The number of nitrogens with zero attached hydrogens (tertiary/aromatic N) is 2. The molecule has 1 atom stereocenters. The van der Waals surface area contributed by atoms with E-state index >= 15 is 0 Å². The van der Waals surface area contributed by atoms with E-state index in [-0.39, 0.29) is 22.8 Å². The van der Waals surface area contributed by atoms with Gasteiger partial charge in [0.2, 0.25) is 0 Å². The number of aliphatic hydroxyl groups excluding tert-OH is 1. The van der Waals surface area contributed by atoms with Crippen LogP contribution in [-0.4, -0.2) is 38.1 Å². The van der Waals surface area contributed by atoms with Gasteiger partial charge < -0.3 is 10.0 Å². The number of sulfonamides is 1. The molecule has 27 heavy (non-hydrogen) atoms. The number of likely N-dealkylation sites (N-methyl/N-ethyl adjacent to an activating group) is 1. The van der Waals surface area contributed by atoms with Gasteiger partial charge in [-0.2, -0.15) is 0 Å². The van der Waals surface area contributed by atoms with Gasteiger partial charge in [-0.05, 0) is 44.5 Å². The van der Waals surface area contributed by atoms with Gasteiger partial charge in [0.15, 0.2) is 0 Å². The van der Waals surface area contributed by atoms with Crippen LogP contribution in [0.5, 0.6) is 0 Å². The molecule has 2 rings (SSSR count). The highest BCUT2D eigenvalue weighted by atomic mass is 32.2. The Morgan fingerprint density at radius 2 is 1.89 bits per heavy atom. The van der Waals surface area contributed by atoms with Gasteiger partial charge in [-0.3, -0.25) is 14.8 Å². The van der Waals surface area contributed by atoms with Crippen LogP contribution >= 0.6 is 0 Å². The van der Waals surface area contributed by atoms with E-state index in [0.29, 0.717) is 5.69 Å². The fourth-order valence-corrected chi connectivity index (χ4v) is 3.92. The molecule has 0 aromatic heterocycles. The van der Waals surface area contributed by atoms with Crippen molar-refractivity contribution in [2.75, 3.05) is 23.2 Å². The largest absolute Gasteiger partial charge is 0.392 e. The lowest BCUT2D eigenvalue weighted by Crippen LogP contribution is -2.27. The summed E-state index contributed by atoms with van der Waals surface area (Å²) in [4.78, 5) is 12.1. The predicted molar refractivity (Wildman–Crippen MR) is 105 cm³/mol. The van der Waals surface area contributed by atoms with Gasteiger partial charge in [0, 0.05) is 19.7 Å². The standard InChI is InChI=1S/C18H23N3O5S/c1-12-5-7-16(13(2)9-12)19-27(25,26)15-6-8-17(18(10-15)21(23)24)20(4)11-14(3)22/h5-10,14,19,22H,11H2,1-4H3. The molecule has 0 aliphatic heterocycles. The van der Waals surface area contributed by atoms with Crippen molar-refractivity contribution in [2.45, 2.75) is 31.8 Å². The van der Waals surface area contributed by atoms with Crippen LogP contribution in [0.1, 0.15) is 18.1 Å². The third-order valence-electron chi connectivity index (χ3n) is 4.03. The van der Waals surface area contributed by atoms with E-state index in [1.165, 1.54) is 17.0 Å². The van der Waals surface area contributed by atoms with Crippen molar-refractivity contribution in [3.05, 3.63) is 57.6 Å². The molecule has 2 aromatic rings. The van der Waals surface area contributed by atoms with E-state index < -0.39 is 21.1 Å². The summed E-state index contributed by atoms with van der Waals surface area (Å²) in [6.07, 6.45) is -0.691. The molecule has 0 saturated carbocycles. The van der Waals surface area contributed by atoms with Gasteiger partial charge in [0.05, 0.1) is 21.6 Å². The molecule has 0 bridgehead atoms. The molecule has 8 nitrogen and oxygen atoms in total. The molecule has 0 aliphatic carbocycles. The molecule has 146 valence electrons. The van der Waals surface area contributed by atoms with Crippen LogP contribution in [0.25, 0.3) is 0 Å². The van der Waals surface area contributed by atoms with Crippen molar-refractivity contribution in [1.29, 1.82) is 0 Å². The molecule has 1 unspecified atom stereocenters. The molecule has 0 saturated heterocycles. The van der Waals surface area contributed by atoms with Crippen molar-refractivity contribution >= 4 is 27.1 Å². The first kappa shape index (κ1) is 20.7. The van der Waals surface area contributed by atoms with E-state index in [9.17, 15) is 23.6 Å². The van der Waals surface area contributed by atoms with Crippen LogP contribution in [0, 0.1) is 24.0 Å². The topological polar surface area (TPSA) is 113 Å². The minimum atomic E-state index is -3.99. The Labute approximate surface area is 158 Å². The summed E-state index contributed by atoms with van der Waals surface area (Å²) in [6, 6.07) is 8.99. The number of rotatable bonds is 7. The van der Waals surface area contributed by atoms with Crippen molar-refractivity contribution in [3.8, 4) is 0 Å². The van der Waals surface area contributed by atoms with Crippen LogP contribution in [0.3, 0.4) is 0 Å². The number of nitro groups is 1. The number of aryl methyl sites for hydroxylation is 2. The quantitative estimate of drug-likeness (QED) is 0.552. The first-order valence-electron chi connectivity index (χ1n) is 8.29. The number of benzene rings is 2. The van der Waals surface area contributed by atoms with Crippen LogP contribution in [0.2, 0.25) is 0 Å². The Morgan fingerprint density at radius 1 is 1.22 bits per heavy atom. The van der Waals surface area contributed by atoms with Crippen molar-refractivity contribution in [1.82, 2.24) is 0 Å². The lowest BCUT2D eigenvalue weighted by molar-refractivity contribution is -0.384. The Hall–Kier alpha value is -2.65. The van der Waals surface area contributed by atoms with Crippen molar-refractivity contribution < 1.29 is 18.4 Å². The summed E-state index contributed by atoms with van der Waals surface area (Å²) in [5, 5.41) is 20.9. The molecule has 9 heteroatoms. The molecule has 0 aliphatic rings. The number of nitrogens with one attached hydrogen (secondary N) is 1. The Morgan fingerprint density at radius 3 is 2.44 bits per heavy atom. The molecular weight excluding hydrogens is 370 g/mol. The van der Waals surface area contributed by atoms with Gasteiger partial charge >= 0.3 is 0 Å². The zero-order valence-corrected chi connectivity index (χ0v) is 16.4. The Kier molecular flexibility index (Phi) is 6.07. The van der Waals surface area contributed by atoms with Crippen LogP contribution in [-0.2, 0) is 10.0 Å². The van der Waals surface area contributed by atoms with Gasteiger partial charge in [-0.15, -0.1) is 0 Å². The molecule has 2 aromatic carbocycles. The van der Waals surface area contributed by atoms with Crippen LogP contribution < -0.4 is 9.62 Å². The zero-order chi connectivity index (χ0) is 20.4. The fraction of sp³-hybridized carbons (Fsp3) is 0.333. The molecule has 2 N–H and O–H groups in total. The number of anilines is 2. The second-order valence-electron chi connectivity index (χ2n) is 6.56. The average molecular weight is 393 g/mol. The second kappa shape index (κ2) is 7.93. The SMILES string of the molecule is Cc1ccc(NS(=O)(=O)c2ccc(N(C)CC(C)O)c([N+](=O)[O-])c2)c(C)c1. The number of hydrogen-bond acceptors (Lipinski definition) is 6. The maximum absolute atomic E-state index is 12.7. The van der Waals surface area contributed by atoms with Gasteiger partial charge in [0.25, 0.3) is 15.7 Å². The fourth-order valence-electron chi connectivity index (χ4n) is 2.77. The molecular formula is C18H23N3O5S. The first-order chi connectivity index (χ1) is 12.5. The predicted octanol–water partition coefficient (Wildman–Crippen LogP) is 2.83. The Balaban J connectivity index is 2.42. The van der Waals surface area contributed by atoms with Gasteiger partial charge in [-0.25, -0.2) is 8.42 Å². The summed E-state index contributed by atoms with van der Waals surface area (Å²) >= 11 is 0. The monoisotopic (exact) mass is 393 g/mol. The highest BCUT2D eigenvalue weighted by Crippen LogP contribution is 2.31. The summed E-state index contributed by atoms with van der Waals surface area (Å²) in [7, 11) is -2.40. The third-order valence-corrected chi connectivity index (χ3v) is 5.39. The minimum Gasteiger partial charge on any atom is -0.392 e. The van der Waals surface area contributed by atoms with Gasteiger partial charge in [0.1, 0.15) is 5.69 Å². The Bertz CT molecular complexity index is 957. The van der Waals surface area contributed by atoms with Crippen molar-refractivity contribution in [2.24, 2.45) is 0 Å². The summed E-state index contributed by atoms with van der Waals surface area (Å²) in [6.45, 7) is 5.42. The lowest BCUT2D eigenvalue weighted by Gasteiger charge is -2.21. The summed E-state index contributed by atoms with van der Waals surface area (Å²) in [5.74, 6) is 0. The van der Waals surface area contributed by atoms with Crippen LogP contribution in [0.15, 0.2) is 41.3 Å². The van der Waals surface area contributed by atoms with E-state index in [4.69, 9.17) is 0 Å². The highest BCUT2D eigenvalue weighted by molar-refractivity contribution is 7.92. The molecule has 0 fully saturated rings. The maximum Gasteiger partial charge on any atom is 0.293 e. The van der Waals surface area contributed by atoms with E-state index in [1.807, 2.05) is 13.0 Å². The number of aliphatic hydroxyl groups is 1. The maximum atomic E-state index is 12.7. The van der Waals surface area contributed by atoms with Crippen LogP contribution in [0.4, 0.5) is 17.1 Å². The molecule has 0 amide bonds. The van der Waals surface area contributed by atoms with E-state index in [2.05, 4.69) is 4.72 Å². The van der Waals surface area contributed by atoms with E-state index in [0.717, 1.165) is 17.2 Å². The minimum absolute atomic E-state index is 0.174. The number of hydrogen-bond donors (Lipinski definition) is 2. The van der Waals surface area contributed by atoms with Crippen molar-refractivity contribution in [3.63, 3.8) is 0 Å². The first-order valence-corrected chi connectivity index (χ1v) is 9.77. The number of nitro benzene ring substituents is 1. The molecule has 0 radical (unpaired) electrons.